The molecule has 3 aliphatic rings. The molecule has 104 valence electrons. The van der Waals surface area contributed by atoms with Gasteiger partial charge in [0.05, 0.1) is 5.69 Å². The second kappa shape index (κ2) is 5.14. The van der Waals surface area contributed by atoms with Crippen LogP contribution in [0.25, 0.3) is 11.3 Å². The van der Waals surface area contributed by atoms with Crippen LogP contribution in [0.5, 0.6) is 0 Å². The van der Waals surface area contributed by atoms with Crippen LogP contribution in [0.2, 0.25) is 0 Å². The molecule has 0 aromatic carbocycles. The van der Waals surface area contributed by atoms with Gasteiger partial charge in [-0.1, -0.05) is 0 Å². The van der Waals surface area contributed by atoms with Crippen molar-refractivity contribution in [1.82, 2.24) is 15.1 Å². The Morgan fingerprint density at radius 1 is 1.00 bits per heavy atom. The summed E-state index contributed by atoms with van der Waals surface area (Å²) in [6, 6.07) is 6.97. The van der Waals surface area contributed by atoms with Gasteiger partial charge in [0, 0.05) is 43.2 Å². The van der Waals surface area contributed by atoms with Crippen molar-refractivity contribution in [3.05, 3.63) is 29.0 Å². The highest BCUT2D eigenvalue weighted by molar-refractivity contribution is 7.08. The summed E-state index contributed by atoms with van der Waals surface area (Å²) >= 11 is 1.70. The molecule has 3 saturated heterocycles. The standard InChI is InChI=1S/C15H18N4S/c1-2-15(17-16-14(1)12-5-10-20-11-12)19-9-8-18-6-3-13(19)4-7-18/h1-2,5,10-11,13H,3-4,6-9H2. The summed E-state index contributed by atoms with van der Waals surface area (Å²) in [4.78, 5) is 5.01. The summed E-state index contributed by atoms with van der Waals surface area (Å²) in [5.41, 5.74) is 2.13. The molecule has 5 heteroatoms. The molecule has 2 aromatic heterocycles. The molecule has 0 spiro atoms. The number of anilines is 1. The Morgan fingerprint density at radius 3 is 2.60 bits per heavy atom. The molecule has 0 radical (unpaired) electrons. The summed E-state index contributed by atoms with van der Waals surface area (Å²) < 4.78 is 0. The number of fused-ring (bicyclic) bond motifs is 4. The van der Waals surface area contributed by atoms with Crippen LogP contribution < -0.4 is 4.90 Å². The lowest BCUT2D eigenvalue weighted by atomic mass is 10.1. The van der Waals surface area contributed by atoms with Gasteiger partial charge in [-0.15, -0.1) is 10.2 Å². The maximum atomic E-state index is 4.48. The van der Waals surface area contributed by atoms with Gasteiger partial charge in [0.15, 0.2) is 5.82 Å². The van der Waals surface area contributed by atoms with Crippen LogP contribution >= 0.6 is 11.3 Å². The fourth-order valence-electron chi connectivity index (χ4n) is 3.23. The van der Waals surface area contributed by atoms with Crippen molar-refractivity contribution in [3.8, 4) is 11.3 Å². The first-order valence-corrected chi connectivity index (χ1v) is 8.20. The van der Waals surface area contributed by atoms with Crippen molar-refractivity contribution in [2.75, 3.05) is 31.1 Å². The Labute approximate surface area is 123 Å². The number of piperidine rings is 1. The zero-order valence-corrected chi connectivity index (χ0v) is 12.2. The van der Waals surface area contributed by atoms with E-state index in [9.17, 15) is 0 Å². The molecular formula is C15H18N4S. The van der Waals surface area contributed by atoms with Crippen LogP contribution in [0.4, 0.5) is 5.82 Å². The topological polar surface area (TPSA) is 32.3 Å². The fourth-order valence-corrected chi connectivity index (χ4v) is 3.88. The predicted octanol–water partition coefficient (Wildman–Crippen LogP) is 2.49. The van der Waals surface area contributed by atoms with Gasteiger partial charge < -0.3 is 9.80 Å². The zero-order valence-electron chi connectivity index (χ0n) is 11.4. The third-order valence-corrected chi connectivity index (χ3v) is 5.10. The molecule has 5 rings (SSSR count). The van der Waals surface area contributed by atoms with Crippen molar-refractivity contribution < 1.29 is 0 Å². The van der Waals surface area contributed by atoms with Gasteiger partial charge >= 0.3 is 0 Å². The third kappa shape index (κ3) is 2.21. The summed E-state index contributed by atoms with van der Waals surface area (Å²) in [6.45, 7) is 4.71. The SMILES string of the molecule is c1cc(-c2ccc(N3CCN4CCC3CC4)nn2)cs1. The van der Waals surface area contributed by atoms with Crippen molar-refractivity contribution in [3.63, 3.8) is 0 Å². The van der Waals surface area contributed by atoms with E-state index in [1.165, 1.54) is 25.9 Å². The lowest BCUT2D eigenvalue weighted by molar-refractivity contribution is 0.250. The molecule has 4 nitrogen and oxygen atoms in total. The number of hydrogen-bond acceptors (Lipinski definition) is 5. The van der Waals surface area contributed by atoms with Crippen LogP contribution in [-0.4, -0.2) is 47.3 Å². The smallest absolute Gasteiger partial charge is 0.151 e. The Hall–Kier alpha value is -1.46. The Balaban J connectivity index is 1.59. The minimum absolute atomic E-state index is 0.648. The van der Waals surface area contributed by atoms with Crippen LogP contribution in [0.3, 0.4) is 0 Å². The van der Waals surface area contributed by atoms with Crippen LogP contribution in [-0.2, 0) is 0 Å². The highest BCUT2D eigenvalue weighted by Crippen LogP contribution is 2.26. The molecule has 2 bridgehead atoms. The summed E-state index contributed by atoms with van der Waals surface area (Å²) in [6.07, 6.45) is 2.52. The highest BCUT2D eigenvalue weighted by Gasteiger charge is 2.29. The maximum absolute atomic E-state index is 4.48. The molecule has 2 aromatic rings. The molecule has 0 aliphatic carbocycles. The minimum Gasteiger partial charge on any atom is -0.351 e. The molecule has 0 N–H and O–H groups in total. The first-order valence-electron chi connectivity index (χ1n) is 7.25. The van der Waals surface area contributed by atoms with Gasteiger partial charge in [0.2, 0.25) is 0 Å². The second-order valence-electron chi connectivity index (χ2n) is 5.56. The number of rotatable bonds is 2. The second-order valence-corrected chi connectivity index (χ2v) is 6.34. The number of hydrogen-bond donors (Lipinski definition) is 0. The lowest BCUT2D eigenvalue weighted by Crippen LogP contribution is -2.38. The van der Waals surface area contributed by atoms with Crippen LogP contribution in [0.1, 0.15) is 12.8 Å². The van der Waals surface area contributed by atoms with Gasteiger partial charge in [0.1, 0.15) is 0 Å². The molecule has 20 heavy (non-hydrogen) atoms. The molecule has 0 atom stereocenters. The first-order chi connectivity index (χ1) is 9.90. The quantitative estimate of drug-likeness (QED) is 0.849. The van der Waals surface area contributed by atoms with Gasteiger partial charge in [-0.25, -0.2) is 0 Å². The van der Waals surface area contributed by atoms with Crippen molar-refractivity contribution in [1.29, 1.82) is 0 Å². The van der Waals surface area contributed by atoms with Crippen molar-refractivity contribution >= 4 is 17.2 Å². The average Bonchev–Trinajstić information content (AvgIpc) is 2.88. The van der Waals surface area contributed by atoms with Crippen LogP contribution in [0, 0.1) is 0 Å². The Morgan fingerprint density at radius 2 is 1.90 bits per heavy atom. The number of thiophene rings is 1. The van der Waals surface area contributed by atoms with E-state index >= 15 is 0 Å². The molecule has 5 heterocycles. The average molecular weight is 286 g/mol. The van der Waals surface area contributed by atoms with E-state index in [-0.39, 0.29) is 0 Å². The first kappa shape index (κ1) is 12.3. The molecule has 3 fully saturated rings. The normalized spacial score (nSPS) is 25.7. The van der Waals surface area contributed by atoms with E-state index < -0.39 is 0 Å². The Bertz CT molecular complexity index is 558. The number of nitrogens with zero attached hydrogens (tertiary/aromatic N) is 4. The third-order valence-electron chi connectivity index (χ3n) is 4.42. The minimum atomic E-state index is 0.648. The van der Waals surface area contributed by atoms with E-state index in [0.717, 1.165) is 30.2 Å². The zero-order chi connectivity index (χ0) is 13.4. The van der Waals surface area contributed by atoms with Gasteiger partial charge in [-0.2, -0.15) is 11.3 Å². The summed E-state index contributed by atoms with van der Waals surface area (Å²) in [5.74, 6) is 1.04. The number of aromatic nitrogens is 2. The fraction of sp³-hybridized carbons (Fsp3) is 0.467. The maximum Gasteiger partial charge on any atom is 0.151 e. The molecule has 3 aliphatic heterocycles. The summed E-state index contributed by atoms with van der Waals surface area (Å²) in [5, 5.41) is 13.1. The lowest BCUT2D eigenvalue weighted by Gasteiger charge is -2.31. The monoisotopic (exact) mass is 286 g/mol. The largest absolute Gasteiger partial charge is 0.351 e. The molecule has 0 unspecified atom stereocenters. The van der Waals surface area contributed by atoms with Crippen LogP contribution in [0.15, 0.2) is 29.0 Å². The highest BCUT2D eigenvalue weighted by atomic mass is 32.1. The van der Waals surface area contributed by atoms with Gasteiger partial charge in [0.25, 0.3) is 0 Å². The molecular weight excluding hydrogens is 268 g/mol. The summed E-state index contributed by atoms with van der Waals surface area (Å²) in [7, 11) is 0. The molecule has 0 amide bonds. The molecule has 0 saturated carbocycles. The van der Waals surface area contributed by atoms with Gasteiger partial charge in [-0.3, -0.25) is 0 Å². The van der Waals surface area contributed by atoms with E-state index in [4.69, 9.17) is 0 Å². The van der Waals surface area contributed by atoms with Crippen molar-refractivity contribution in [2.24, 2.45) is 0 Å². The van der Waals surface area contributed by atoms with Crippen molar-refractivity contribution in [2.45, 2.75) is 18.9 Å². The van der Waals surface area contributed by atoms with E-state index in [1.807, 2.05) is 0 Å². The predicted molar refractivity (Wildman–Crippen MR) is 82.2 cm³/mol. The van der Waals surface area contributed by atoms with Gasteiger partial charge in [-0.05, 0) is 36.4 Å². The Kier molecular flexibility index (Phi) is 3.16. The van der Waals surface area contributed by atoms with E-state index in [0.29, 0.717) is 6.04 Å². The van der Waals surface area contributed by atoms with E-state index in [1.54, 1.807) is 11.3 Å². The van der Waals surface area contributed by atoms with E-state index in [2.05, 4.69) is 49.0 Å².